The summed E-state index contributed by atoms with van der Waals surface area (Å²) in [5, 5.41) is 6.25. The quantitative estimate of drug-likeness (QED) is 0.846. The fourth-order valence-electron chi connectivity index (χ4n) is 3.50. The molecule has 126 valence electrons. The largest absolute Gasteiger partial charge is 0.489 e. The number of aromatic nitrogens is 1. The number of carbonyl (C=O) groups is 1. The van der Waals surface area contributed by atoms with Gasteiger partial charge in [0.1, 0.15) is 0 Å². The van der Waals surface area contributed by atoms with Crippen molar-refractivity contribution in [3.8, 4) is 5.75 Å². The first-order valence-corrected chi connectivity index (χ1v) is 8.92. The lowest BCUT2D eigenvalue weighted by Crippen LogP contribution is -2.27. The third kappa shape index (κ3) is 4.93. The predicted molar refractivity (Wildman–Crippen MR) is 90.6 cm³/mol. The van der Waals surface area contributed by atoms with E-state index in [1.165, 1.54) is 32.1 Å². The van der Waals surface area contributed by atoms with Gasteiger partial charge in [-0.05, 0) is 50.3 Å². The minimum Gasteiger partial charge on any atom is -0.489 e. The van der Waals surface area contributed by atoms with Crippen LogP contribution in [0.25, 0.3) is 0 Å². The summed E-state index contributed by atoms with van der Waals surface area (Å²) in [7, 11) is 0. The van der Waals surface area contributed by atoms with Crippen molar-refractivity contribution >= 4 is 11.7 Å². The number of ether oxygens (including phenoxy) is 1. The number of hydrogen-bond acceptors (Lipinski definition) is 4. The number of anilines is 1. The topological polar surface area (TPSA) is 63.2 Å². The zero-order valence-electron chi connectivity index (χ0n) is 13.7. The second-order valence-corrected chi connectivity index (χ2v) is 6.71. The fraction of sp³-hybridized carbons (Fsp3) is 0.667. The van der Waals surface area contributed by atoms with Crippen LogP contribution in [0.4, 0.5) is 5.82 Å². The van der Waals surface area contributed by atoms with Crippen molar-refractivity contribution in [2.45, 2.75) is 57.4 Å². The van der Waals surface area contributed by atoms with Crippen molar-refractivity contribution in [3.05, 3.63) is 18.3 Å². The molecule has 1 aliphatic heterocycles. The van der Waals surface area contributed by atoms with Crippen molar-refractivity contribution in [3.63, 3.8) is 0 Å². The molecule has 1 atom stereocenters. The Bertz CT molecular complexity index is 509. The molecule has 3 rings (SSSR count). The molecule has 2 aliphatic rings. The Kier molecular flexibility index (Phi) is 5.86. The van der Waals surface area contributed by atoms with E-state index in [-0.39, 0.29) is 5.91 Å². The summed E-state index contributed by atoms with van der Waals surface area (Å²) in [6, 6.07) is 4.04. The maximum atomic E-state index is 12.2. The van der Waals surface area contributed by atoms with Gasteiger partial charge in [0.2, 0.25) is 5.91 Å². The van der Waals surface area contributed by atoms with Crippen LogP contribution in [0, 0.1) is 5.92 Å². The van der Waals surface area contributed by atoms with E-state index in [1.54, 1.807) is 6.20 Å². The molecular weight excluding hydrogens is 290 g/mol. The highest BCUT2D eigenvalue weighted by molar-refractivity contribution is 5.91. The summed E-state index contributed by atoms with van der Waals surface area (Å²) in [6.07, 6.45) is 10.9. The number of nitrogens with one attached hydrogen (secondary N) is 2. The predicted octanol–water partition coefficient (Wildman–Crippen LogP) is 3.12. The van der Waals surface area contributed by atoms with Gasteiger partial charge >= 0.3 is 0 Å². The molecule has 5 nitrogen and oxygen atoms in total. The molecule has 1 saturated carbocycles. The zero-order chi connectivity index (χ0) is 15.9. The Hall–Kier alpha value is -1.62. The summed E-state index contributed by atoms with van der Waals surface area (Å²) in [5.41, 5.74) is 0. The van der Waals surface area contributed by atoms with Gasteiger partial charge in [-0.25, -0.2) is 4.98 Å². The monoisotopic (exact) mass is 317 g/mol. The Morgan fingerprint density at radius 3 is 2.91 bits per heavy atom. The number of rotatable bonds is 6. The van der Waals surface area contributed by atoms with Crippen LogP contribution in [0.5, 0.6) is 5.75 Å². The lowest BCUT2D eigenvalue weighted by molar-refractivity contribution is -0.116. The molecule has 1 aromatic rings. The van der Waals surface area contributed by atoms with E-state index in [2.05, 4.69) is 15.6 Å². The van der Waals surface area contributed by atoms with E-state index in [0.29, 0.717) is 29.9 Å². The van der Waals surface area contributed by atoms with Gasteiger partial charge in [-0.15, -0.1) is 0 Å². The molecule has 1 aromatic heterocycles. The van der Waals surface area contributed by atoms with E-state index >= 15 is 0 Å². The Labute approximate surface area is 138 Å². The first kappa shape index (κ1) is 16.2. The van der Waals surface area contributed by atoms with Crippen molar-refractivity contribution in [2.24, 2.45) is 5.92 Å². The van der Waals surface area contributed by atoms with E-state index < -0.39 is 0 Å². The lowest BCUT2D eigenvalue weighted by Gasteiger charge is -2.22. The Morgan fingerprint density at radius 2 is 2.13 bits per heavy atom. The maximum Gasteiger partial charge on any atom is 0.227 e. The summed E-state index contributed by atoms with van der Waals surface area (Å²) >= 11 is 0. The molecule has 1 saturated heterocycles. The van der Waals surface area contributed by atoms with Gasteiger partial charge in [0.15, 0.2) is 11.6 Å². The van der Waals surface area contributed by atoms with E-state index in [1.807, 2.05) is 12.1 Å². The number of pyridine rings is 1. The van der Waals surface area contributed by atoms with Crippen molar-refractivity contribution < 1.29 is 9.53 Å². The second kappa shape index (κ2) is 8.29. The highest BCUT2D eigenvalue weighted by Gasteiger charge is 2.19. The SMILES string of the molecule is O=C(CC1CCCN1)Nc1ncccc1OCC1CCCCC1. The van der Waals surface area contributed by atoms with Crippen LogP contribution in [0.1, 0.15) is 51.4 Å². The first-order chi connectivity index (χ1) is 11.3. The first-order valence-electron chi connectivity index (χ1n) is 8.92. The van der Waals surface area contributed by atoms with Gasteiger partial charge in [-0.3, -0.25) is 4.79 Å². The minimum atomic E-state index is 0.00520. The summed E-state index contributed by atoms with van der Waals surface area (Å²) in [6.45, 7) is 1.73. The van der Waals surface area contributed by atoms with Gasteiger partial charge in [0.25, 0.3) is 0 Å². The van der Waals surface area contributed by atoms with Gasteiger partial charge in [0.05, 0.1) is 6.61 Å². The standard InChI is InChI=1S/C18H27N3O2/c22-17(12-15-8-4-10-19-15)21-18-16(9-5-11-20-18)23-13-14-6-2-1-3-7-14/h5,9,11,14-15,19H,1-4,6-8,10,12-13H2,(H,20,21,22). The molecule has 0 aromatic carbocycles. The molecule has 2 fully saturated rings. The van der Waals surface area contributed by atoms with Crippen molar-refractivity contribution in [1.29, 1.82) is 0 Å². The van der Waals surface area contributed by atoms with Gasteiger partial charge in [-0.1, -0.05) is 19.3 Å². The average Bonchev–Trinajstić information content (AvgIpc) is 3.08. The molecule has 2 N–H and O–H groups in total. The van der Waals surface area contributed by atoms with Crippen LogP contribution >= 0.6 is 0 Å². The second-order valence-electron chi connectivity index (χ2n) is 6.71. The molecule has 0 bridgehead atoms. The van der Waals surface area contributed by atoms with Gasteiger partial charge in [-0.2, -0.15) is 0 Å². The van der Waals surface area contributed by atoms with Crippen LogP contribution in [-0.2, 0) is 4.79 Å². The molecule has 1 unspecified atom stereocenters. The fourth-order valence-corrected chi connectivity index (χ4v) is 3.50. The molecule has 1 aliphatic carbocycles. The van der Waals surface area contributed by atoms with E-state index in [9.17, 15) is 4.79 Å². The smallest absolute Gasteiger partial charge is 0.227 e. The minimum absolute atomic E-state index is 0.00520. The Balaban J connectivity index is 1.52. The van der Waals surface area contributed by atoms with Gasteiger partial charge < -0.3 is 15.4 Å². The third-order valence-electron chi connectivity index (χ3n) is 4.82. The normalized spacial score (nSPS) is 22.0. The van der Waals surface area contributed by atoms with Gasteiger partial charge in [0, 0.05) is 18.7 Å². The number of hydrogen-bond donors (Lipinski definition) is 2. The average molecular weight is 317 g/mol. The van der Waals surface area contributed by atoms with Crippen molar-refractivity contribution in [2.75, 3.05) is 18.5 Å². The van der Waals surface area contributed by atoms with Crippen LogP contribution in [0.2, 0.25) is 0 Å². The third-order valence-corrected chi connectivity index (χ3v) is 4.82. The molecule has 2 heterocycles. The van der Waals surface area contributed by atoms with Crippen LogP contribution in [0.15, 0.2) is 18.3 Å². The molecule has 0 radical (unpaired) electrons. The highest BCUT2D eigenvalue weighted by atomic mass is 16.5. The molecule has 1 amide bonds. The molecular formula is C18H27N3O2. The number of amides is 1. The summed E-state index contributed by atoms with van der Waals surface area (Å²) in [5.74, 6) is 1.87. The van der Waals surface area contributed by atoms with Crippen molar-refractivity contribution in [1.82, 2.24) is 10.3 Å². The number of nitrogens with zero attached hydrogens (tertiary/aromatic N) is 1. The Morgan fingerprint density at radius 1 is 1.26 bits per heavy atom. The van der Waals surface area contributed by atoms with Crippen LogP contribution in [-0.4, -0.2) is 30.1 Å². The molecule has 5 heteroatoms. The van der Waals surface area contributed by atoms with E-state index in [0.717, 1.165) is 26.0 Å². The summed E-state index contributed by atoms with van der Waals surface area (Å²) in [4.78, 5) is 16.5. The highest BCUT2D eigenvalue weighted by Crippen LogP contribution is 2.27. The summed E-state index contributed by atoms with van der Waals surface area (Å²) < 4.78 is 5.95. The molecule has 0 spiro atoms. The van der Waals surface area contributed by atoms with Crippen LogP contribution < -0.4 is 15.4 Å². The number of carbonyl (C=O) groups excluding carboxylic acids is 1. The lowest BCUT2D eigenvalue weighted by atomic mass is 9.90. The maximum absolute atomic E-state index is 12.2. The van der Waals surface area contributed by atoms with Crippen LogP contribution in [0.3, 0.4) is 0 Å². The zero-order valence-corrected chi connectivity index (χ0v) is 13.7. The molecule has 23 heavy (non-hydrogen) atoms. The van der Waals surface area contributed by atoms with E-state index in [4.69, 9.17) is 4.74 Å².